The Morgan fingerprint density at radius 2 is 1.77 bits per heavy atom. The van der Waals surface area contributed by atoms with E-state index in [9.17, 15) is 31.6 Å². The minimum Gasteiger partial charge on any atom is -0.319 e. The number of imide groups is 1. The molecule has 0 spiro atoms. The molecule has 0 bridgehead atoms. The molecule has 158 valence electrons. The maximum Gasteiger partial charge on any atom is 0.325 e. The number of Topliss-reactive ketones (excluding diaryl/α,β-unsaturated/α-hetero) is 1. The van der Waals surface area contributed by atoms with Gasteiger partial charge in [0.05, 0.1) is 18.4 Å². The van der Waals surface area contributed by atoms with Crippen molar-refractivity contribution >= 4 is 33.4 Å². The number of benzene rings is 2. The Balaban J connectivity index is 1.82. The van der Waals surface area contributed by atoms with Gasteiger partial charge in [-0.3, -0.25) is 19.2 Å². The predicted octanol–water partition coefficient (Wildman–Crippen LogP) is 1.99. The van der Waals surface area contributed by atoms with Crippen LogP contribution in [0, 0.1) is 11.6 Å². The molecule has 0 aromatic heterocycles. The molecule has 30 heavy (non-hydrogen) atoms. The van der Waals surface area contributed by atoms with E-state index in [0.717, 1.165) is 18.4 Å². The first kappa shape index (κ1) is 21.4. The lowest BCUT2D eigenvalue weighted by molar-refractivity contribution is -0.130. The van der Waals surface area contributed by atoms with E-state index >= 15 is 0 Å². The molecule has 1 heterocycles. The number of carbonyl (C=O) groups excluding carboxylic acids is 3. The molecule has 3 amide bonds. The number of halogens is 2. The topological polar surface area (TPSA) is 113 Å². The number of nitrogens with zero attached hydrogens (tertiary/aromatic N) is 1. The molecular formula is C19H17F2N3O5S. The zero-order valence-electron chi connectivity index (χ0n) is 15.9. The Labute approximate surface area is 170 Å². The number of anilines is 1. The quantitative estimate of drug-likeness (QED) is 0.530. The number of amides is 3. The molecule has 0 saturated carbocycles. The maximum atomic E-state index is 13.8. The van der Waals surface area contributed by atoms with Gasteiger partial charge in [0.1, 0.15) is 17.2 Å². The second kappa shape index (κ2) is 7.48. The van der Waals surface area contributed by atoms with Gasteiger partial charge in [0.15, 0.2) is 5.78 Å². The van der Waals surface area contributed by atoms with Gasteiger partial charge < -0.3 is 5.32 Å². The van der Waals surface area contributed by atoms with Crippen molar-refractivity contribution < 1.29 is 31.6 Å². The number of carbonyl (C=O) groups is 3. The average Bonchev–Trinajstić information content (AvgIpc) is 2.85. The Kier molecular flexibility index (Phi) is 5.33. The fourth-order valence-electron chi connectivity index (χ4n) is 3.07. The van der Waals surface area contributed by atoms with Gasteiger partial charge in [-0.1, -0.05) is 12.1 Å². The smallest absolute Gasteiger partial charge is 0.319 e. The van der Waals surface area contributed by atoms with Gasteiger partial charge in [-0.25, -0.2) is 22.0 Å². The van der Waals surface area contributed by atoms with Gasteiger partial charge in [0.2, 0.25) is 10.0 Å². The minimum absolute atomic E-state index is 0.264. The third kappa shape index (κ3) is 4.15. The van der Waals surface area contributed by atoms with E-state index in [-0.39, 0.29) is 5.69 Å². The molecule has 0 radical (unpaired) electrons. The highest BCUT2D eigenvalue weighted by molar-refractivity contribution is 7.92. The molecule has 3 rings (SSSR count). The third-order valence-corrected chi connectivity index (χ3v) is 5.18. The van der Waals surface area contributed by atoms with Crippen molar-refractivity contribution in [3.05, 3.63) is 65.2 Å². The van der Waals surface area contributed by atoms with Crippen molar-refractivity contribution in [3.63, 3.8) is 0 Å². The lowest BCUT2D eigenvalue weighted by atomic mass is 9.92. The van der Waals surface area contributed by atoms with Gasteiger partial charge in [-0.2, -0.15) is 0 Å². The molecule has 1 aliphatic heterocycles. The first-order valence-corrected chi connectivity index (χ1v) is 10.5. The van der Waals surface area contributed by atoms with E-state index in [1.807, 2.05) is 0 Å². The number of ketones is 1. The minimum atomic E-state index is -3.49. The molecule has 2 aromatic rings. The predicted molar refractivity (Wildman–Crippen MR) is 103 cm³/mol. The van der Waals surface area contributed by atoms with E-state index in [1.165, 1.54) is 31.2 Å². The van der Waals surface area contributed by atoms with Crippen LogP contribution in [0.3, 0.4) is 0 Å². The third-order valence-electron chi connectivity index (χ3n) is 4.57. The summed E-state index contributed by atoms with van der Waals surface area (Å²) in [4.78, 5) is 38.2. The van der Waals surface area contributed by atoms with Crippen molar-refractivity contribution in [1.29, 1.82) is 0 Å². The van der Waals surface area contributed by atoms with Gasteiger partial charge in [0, 0.05) is 11.8 Å². The SMILES string of the molecule is CC1(c2ccc(NS(C)(=O)=O)cc2)NC(=O)N(CC(=O)c2ccc(F)cc2F)C1=O. The zero-order chi connectivity index (χ0) is 22.3. The Hall–Kier alpha value is -3.34. The first-order chi connectivity index (χ1) is 13.9. The molecule has 2 aromatic carbocycles. The molecule has 0 aliphatic carbocycles. The highest BCUT2D eigenvalue weighted by atomic mass is 32.2. The summed E-state index contributed by atoms with van der Waals surface area (Å²) >= 11 is 0. The second-order valence-electron chi connectivity index (χ2n) is 6.95. The molecule has 1 saturated heterocycles. The zero-order valence-corrected chi connectivity index (χ0v) is 16.7. The van der Waals surface area contributed by atoms with Crippen molar-refractivity contribution in [2.45, 2.75) is 12.5 Å². The van der Waals surface area contributed by atoms with Crippen LogP contribution in [0.4, 0.5) is 19.3 Å². The molecule has 1 aliphatic rings. The highest BCUT2D eigenvalue weighted by Gasteiger charge is 2.49. The summed E-state index contributed by atoms with van der Waals surface area (Å²) in [5.74, 6) is -3.57. The summed E-state index contributed by atoms with van der Waals surface area (Å²) in [7, 11) is -3.49. The molecule has 1 unspecified atom stereocenters. The number of sulfonamides is 1. The number of hydrogen-bond donors (Lipinski definition) is 2. The normalized spacial score (nSPS) is 19.0. The van der Waals surface area contributed by atoms with E-state index in [2.05, 4.69) is 10.0 Å². The second-order valence-corrected chi connectivity index (χ2v) is 8.69. The van der Waals surface area contributed by atoms with Crippen molar-refractivity contribution in [3.8, 4) is 0 Å². The van der Waals surface area contributed by atoms with Crippen LogP contribution in [-0.4, -0.2) is 43.8 Å². The molecule has 1 atom stereocenters. The van der Waals surface area contributed by atoms with Crippen molar-refractivity contribution in [2.75, 3.05) is 17.5 Å². The molecule has 2 N–H and O–H groups in total. The fourth-order valence-corrected chi connectivity index (χ4v) is 3.63. The molecule has 8 nitrogen and oxygen atoms in total. The summed E-state index contributed by atoms with van der Waals surface area (Å²) in [6.07, 6.45) is 0.988. The van der Waals surface area contributed by atoms with Crippen LogP contribution in [0.2, 0.25) is 0 Å². The van der Waals surface area contributed by atoms with Crippen molar-refractivity contribution in [1.82, 2.24) is 10.2 Å². The van der Waals surface area contributed by atoms with Gasteiger partial charge in [-0.15, -0.1) is 0 Å². The first-order valence-electron chi connectivity index (χ1n) is 8.61. The summed E-state index contributed by atoms with van der Waals surface area (Å²) < 4.78 is 51.7. The van der Waals surface area contributed by atoms with Crippen molar-refractivity contribution in [2.24, 2.45) is 0 Å². The van der Waals surface area contributed by atoms with Crippen LogP contribution < -0.4 is 10.0 Å². The lowest BCUT2D eigenvalue weighted by Crippen LogP contribution is -2.41. The summed E-state index contributed by atoms with van der Waals surface area (Å²) in [6.45, 7) is 0.700. The molecule has 1 fully saturated rings. The lowest BCUT2D eigenvalue weighted by Gasteiger charge is -2.22. The monoisotopic (exact) mass is 437 g/mol. The van der Waals surface area contributed by atoms with Crippen LogP contribution in [0.1, 0.15) is 22.8 Å². The van der Waals surface area contributed by atoms with Gasteiger partial charge >= 0.3 is 6.03 Å². The Bertz CT molecular complexity index is 1150. The summed E-state index contributed by atoms with van der Waals surface area (Å²) in [6, 6.07) is 7.28. The van der Waals surface area contributed by atoms with E-state index in [0.29, 0.717) is 16.5 Å². The highest BCUT2D eigenvalue weighted by Crippen LogP contribution is 2.30. The fraction of sp³-hybridized carbons (Fsp3) is 0.211. The summed E-state index contributed by atoms with van der Waals surface area (Å²) in [5, 5.41) is 2.49. The van der Waals surface area contributed by atoms with Crippen LogP contribution in [0.15, 0.2) is 42.5 Å². The van der Waals surface area contributed by atoms with E-state index in [4.69, 9.17) is 0 Å². The van der Waals surface area contributed by atoms with Crippen LogP contribution in [0.25, 0.3) is 0 Å². The molecular weight excluding hydrogens is 420 g/mol. The van der Waals surface area contributed by atoms with Crippen LogP contribution in [-0.2, 0) is 20.4 Å². The number of nitrogens with one attached hydrogen (secondary N) is 2. The van der Waals surface area contributed by atoms with E-state index < -0.39 is 57.0 Å². The van der Waals surface area contributed by atoms with E-state index in [1.54, 1.807) is 0 Å². The Morgan fingerprint density at radius 3 is 2.33 bits per heavy atom. The van der Waals surface area contributed by atoms with Crippen LogP contribution >= 0.6 is 0 Å². The number of urea groups is 1. The average molecular weight is 437 g/mol. The number of hydrogen-bond acceptors (Lipinski definition) is 5. The van der Waals surface area contributed by atoms with Gasteiger partial charge in [0.25, 0.3) is 5.91 Å². The van der Waals surface area contributed by atoms with Gasteiger partial charge in [-0.05, 0) is 36.8 Å². The largest absolute Gasteiger partial charge is 0.325 e. The Morgan fingerprint density at radius 1 is 1.13 bits per heavy atom. The molecule has 11 heteroatoms. The van der Waals surface area contributed by atoms with Crippen LogP contribution in [0.5, 0.6) is 0 Å². The maximum absolute atomic E-state index is 13.8. The summed E-state index contributed by atoms with van der Waals surface area (Å²) in [5.41, 5.74) is -1.34. The standard InChI is InChI=1S/C19H17F2N3O5S/c1-19(11-3-6-13(7-4-11)23-30(2,28)29)17(26)24(18(27)22-19)10-16(25)14-8-5-12(20)9-15(14)21/h3-9,23H,10H2,1-2H3,(H,22,27). The number of rotatable bonds is 6.